The zero-order valence-electron chi connectivity index (χ0n) is 9.78. The van der Waals surface area contributed by atoms with Crippen LogP contribution in [0.2, 0.25) is 0 Å². The van der Waals surface area contributed by atoms with Gasteiger partial charge in [0.2, 0.25) is 0 Å². The van der Waals surface area contributed by atoms with Gasteiger partial charge in [0, 0.05) is 0 Å². The molecule has 18 heavy (non-hydrogen) atoms. The minimum absolute atomic E-state index is 0.0281. The Morgan fingerprint density at radius 3 is 2.78 bits per heavy atom. The molecular formula is C12H13NO5. The Hall–Kier alpha value is -2.08. The standard InChI is InChI=1S/C12H13NO5/c1-2-17-12(15)9-10(14)11(18-13(9)16)8-6-4-3-5-7-8/h3-7,10-11,14H,2H2,1H3. The van der Waals surface area contributed by atoms with Crippen LogP contribution in [0.4, 0.5) is 0 Å². The summed E-state index contributed by atoms with van der Waals surface area (Å²) < 4.78 is 4.69. The highest BCUT2D eigenvalue weighted by Crippen LogP contribution is 2.27. The van der Waals surface area contributed by atoms with Crippen LogP contribution in [0.25, 0.3) is 0 Å². The Morgan fingerprint density at radius 1 is 1.50 bits per heavy atom. The second-order valence-electron chi connectivity index (χ2n) is 3.74. The number of carbonyl (C=O) groups excluding carboxylic acids is 1. The van der Waals surface area contributed by atoms with Crippen LogP contribution >= 0.6 is 0 Å². The summed E-state index contributed by atoms with van der Waals surface area (Å²) in [7, 11) is 0. The van der Waals surface area contributed by atoms with Crippen molar-refractivity contribution in [1.82, 2.24) is 0 Å². The van der Waals surface area contributed by atoms with Crippen molar-refractivity contribution in [3.63, 3.8) is 0 Å². The SMILES string of the molecule is CCOC(=O)C1=[N+]([O-])OC(c2ccccc2)C1O. The second-order valence-corrected chi connectivity index (χ2v) is 3.74. The van der Waals surface area contributed by atoms with Gasteiger partial charge in [-0.05, 0) is 12.5 Å². The molecule has 1 aromatic rings. The van der Waals surface area contributed by atoms with Crippen molar-refractivity contribution in [3.8, 4) is 0 Å². The highest BCUT2D eigenvalue weighted by atomic mass is 16.9. The molecule has 0 aliphatic carbocycles. The van der Waals surface area contributed by atoms with Gasteiger partial charge < -0.3 is 14.7 Å². The quantitative estimate of drug-likeness (QED) is 0.626. The molecule has 0 aromatic heterocycles. The minimum atomic E-state index is -1.33. The second kappa shape index (κ2) is 5.05. The summed E-state index contributed by atoms with van der Waals surface area (Å²) in [5.74, 6) is -0.863. The van der Waals surface area contributed by atoms with Crippen molar-refractivity contribution in [2.24, 2.45) is 0 Å². The fraction of sp³-hybridized carbons (Fsp3) is 0.333. The molecule has 0 spiro atoms. The molecule has 2 rings (SSSR count). The predicted molar refractivity (Wildman–Crippen MR) is 61.5 cm³/mol. The maximum atomic E-state index is 11.5. The minimum Gasteiger partial charge on any atom is -0.458 e. The van der Waals surface area contributed by atoms with Gasteiger partial charge in [-0.1, -0.05) is 30.3 Å². The molecule has 0 bridgehead atoms. The molecule has 1 heterocycles. The van der Waals surface area contributed by atoms with Crippen LogP contribution in [0.15, 0.2) is 30.3 Å². The van der Waals surface area contributed by atoms with E-state index in [1.165, 1.54) is 0 Å². The maximum absolute atomic E-state index is 11.5. The van der Waals surface area contributed by atoms with E-state index >= 15 is 0 Å². The number of hydrogen-bond acceptors (Lipinski definition) is 5. The van der Waals surface area contributed by atoms with Crippen molar-refractivity contribution in [2.75, 3.05) is 6.61 Å². The van der Waals surface area contributed by atoms with Gasteiger partial charge in [0.1, 0.15) is 6.10 Å². The molecular weight excluding hydrogens is 238 g/mol. The number of ether oxygens (including phenoxy) is 1. The third-order valence-electron chi connectivity index (χ3n) is 2.59. The highest BCUT2D eigenvalue weighted by Gasteiger charge is 2.45. The zero-order valence-corrected chi connectivity index (χ0v) is 9.78. The molecule has 2 unspecified atom stereocenters. The monoisotopic (exact) mass is 251 g/mol. The van der Waals surface area contributed by atoms with Gasteiger partial charge in [-0.15, -0.1) is 0 Å². The number of aliphatic hydroxyl groups is 1. The number of aliphatic hydroxyl groups excluding tert-OH is 1. The van der Waals surface area contributed by atoms with Gasteiger partial charge in [0.15, 0.2) is 6.10 Å². The average Bonchev–Trinajstić information content (AvgIpc) is 2.66. The summed E-state index contributed by atoms with van der Waals surface area (Å²) in [6, 6.07) is 8.72. The maximum Gasteiger partial charge on any atom is 0.408 e. The van der Waals surface area contributed by atoms with E-state index in [9.17, 15) is 15.1 Å². The largest absolute Gasteiger partial charge is 0.458 e. The van der Waals surface area contributed by atoms with Crippen molar-refractivity contribution >= 4 is 11.7 Å². The summed E-state index contributed by atoms with van der Waals surface area (Å²) >= 11 is 0. The number of nitrogens with zero attached hydrogens (tertiary/aromatic N) is 1. The van der Waals surface area contributed by atoms with E-state index in [0.29, 0.717) is 5.56 Å². The van der Waals surface area contributed by atoms with Crippen molar-refractivity contribution < 1.29 is 24.4 Å². The predicted octanol–water partition coefficient (Wildman–Crippen LogP) is 0.548. The molecule has 1 N–H and O–H groups in total. The van der Waals surface area contributed by atoms with E-state index in [-0.39, 0.29) is 11.5 Å². The first-order valence-electron chi connectivity index (χ1n) is 5.56. The van der Waals surface area contributed by atoms with E-state index < -0.39 is 23.9 Å². The van der Waals surface area contributed by atoms with E-state index in [1.54, 1.807) is 37.3 Å². The lowest BCUT2D eigenvalue weighted by atomic mass is 10.0. The van der Waals surface area contributed by atoms with Gasteiger partial charge in [0.25, 0.3) is 0 Å². The van der Waals surface area contributed by atoms with E-state index in [4.69, 9.17) is 9.57 Å². The lowest BCUT2D eigenvalue weighted by Gasteiger charge is -2.14. The highest BCUT2D eigenvalue weighted by molar-refractivity contribution is 6.36. The fourth-order valence-corrected chi connectivity index (χ4v) is 1.76. The molecule has 1 aliphatic heterocycles. The van der Waals surface area contributed by atoms with E-state index in [0.717, 1.165) is 0 Å². The lowest BCUT2D eigenvalue weighted by molar-refractivity contribution is -0.742. The molecule has 6 heteroatoms. The molecule has 96 valence electrons. The first-order chi connectivity index (χ1) is 8.65. The Bertz CT molecular complexity index is 471. The zero-order chi connectivity index (χ0) is 13.1. The number of hydrogen-bond donors (Lipinski definition) is 1. The summed E-state index contributed by atoms with van der Waals surface area (Å²) in [5.41, 5.74) is 0.191. The first-order valence-corrected chi connectivity index (χ1v) is 5.56. The Labute approximate surface area is 104 Å². The Morgan fingerprint density at radius 2 is 2.17 bits per heavy atom. The van der Waals surface area contributed by atoms with Crippen molar-refractivity contribution in [1.29, 1.82) is 0 Å². The number of rotatable bonds is 3. The first kappa shape index (κ1) is 12.4. The average molecular weight is 251 g/mol. The van der Waals surface area contributed by atoms with Crippen LogP contribution < -0.4 is 0 Å². The van der Waals surface area contributed by atoms with Gasteiger partial charge in [-0.2, -0.15) is 0 Å². The molecule has 2 atom stereocenters. The molecule has 0 fully saturated rings. The molecule has 0 radical (unpaired) electrons. The Kier molecular flexibility index (Phi) is 3.47. The van der Waals surface area contributed by atoms with Crippen LogP contribution in [0.5, 0.6) is 0 Å². The number of carbonyl (C=O) groups is 1. The van der Waals surface area contributed by atoms with Crippen LogP contribution in [0, 0.1) is 5.21 Å². The smallest absolute Gasteiger partial charge is 0.408 e. The molecule has 0 amide bonds. The summed E-state index contributed by atoms with van der Waals surface area (Å²) in [5, 5.41) is 21.4. The topological polar surface area (TPSA) is 81.8 Å². The van der Waals surface area contributed by atoms with Gasteiger partial charge >= 0.3 is 11.7 Å². The van der Waals surface area contributed by atoms with Gasteiger partial charge in [-0.3, -0.25) is 5.21 Å². The fourth-order valence-electron chi connectivity index (χ4n) is 1.76. The number of esters is 1. The Balaban J connectivity index is 2.21. The van der Waals surface area contributed by atoms with Crippen LogP contribution in [0.3, 0.4) is 0 Å². The molecule has 0 saturated carbocycles. The van der Waals surface area contributed by atoms with Crippen LogP contribution in [-0.4, -0.2) is 34.4 Å². The molecule has 0 saturated heterocycles. The third kappa shape index (κ3) is 2.14. The summed E-state index contributed by atoms with van der Waals surface area (Å²) in [4.78, 5) is 16.5. The molecule has 1 aromatic carbocycles. The lowest BCUT2D eigenvalue weighted by Crippen LogP contribution is -2.32. The van der Waals surface area contributed by atoms with Gasteiger partial charge in [0.05, 0.1) is 11.5 Å². The summed E-state index contributed by atoms with van der Waals surface area (Å²) in [6.45, 7) is 1.74. The molecule has 1 aliphatic rings. The van der Waals surface area contributed by atoms with E-state index in [1.807, 2.05) is 0 Å². The van der Waals surface area contributed by atoms with Crippen molar-refractivity contribution in [2.45, 2.75) is 19.1 Å². The third-order valence-corrected chi connectivity index (χ3v) is 2.59. The van der Waals surface area contributed by atoms with E-state index in [2.05, 4.69) is 0 Å². The normalized spacial score (nSPS) is 22.8. The van der Waals surface area contributed by atoms with Crippen molar-refractivity contribution in [3.05, 3.63) is 41.1 Å². The summed E-state index contributed by atoms with van der Waals surface area (Å²) in [6.07, 6.45) is -2.22. The van der Waals surface area contributed by atoms with Crippen LogP contribution in [0.1, 0.15) is 18.6 Å². The number of benzene rings is 1. The molecule has 6 nitrogen and oxygen atoms in total. The van der Waals surface area contributed by atoms with Crippen LogP contribution in [-0.2, 0) is 14.4 Å². The van der Waals surface area contributed by atoms with Gasteiger partial charge in [-0.25, -0.2) is 4.79 Å².